The largest absolute Gasteiger partial charge is 0.488 e. The molecule has 0 amide bonds. The van der Waals surface area contributed by atoms with Gasteiger partial charge in [0, 0.05) is 5.56 Å². The SMILES string of the molecule is CC(C)Oc1c(Cl)cc(-c2nc(N)nc(N)c2C#N)cc1Cl. The Morgan fingerprint density at radius 3 is 2.27 bits per heavy atom. The van der Waals surface area contributed by atoms with Crippen molar-refractivity contribution in [3.05, 3.63) is 27.7 Å². The van der Waals surface area contributed by atoms with Gasteiger partial charge in [-0.25, -0.2) is 4.98 Å². The third-order valence-corrected chi connectivity index (χ3v) is 3.25. The van der Waals surface area contributed by atoms with Crippen LogP contribution in [-0.2, 0) is 0 Å². The van der Waals surface area contributed by atoms with Crippen molar-refractivity contribution in [3.63, 3.8) is 0 Å². The molecular weight excluding hydrogens is 325 g/mol. The number of nitriles is 1. The molecule has 2 aromatic rings. The molecule has 8 heteroatoms. The zero-order valence-electron chi connectivity index (χ0n) is 11.9. The van der Waals surface area contributed by atoms with Gasteiger partial charge in [0.05, 0.1) is 21.8 Å². The first-order valence-electron chi connectivity index (χ1n) is 6.32. The van der Waals surface area contributed by atoms with E-state index in [0.29, 0.717) is 21.4 Å². The number of hydrogen-bond donors (Lipinski definition) is 2. The van der Waals surface area contributed by atoms with Crippen LogP contribution in [0.25, 0.3) is 11.3 Å². The van der Waals surface area contributed by atoms with Crippen molar-refractivity contribution >= 4 is 35.0 Å². The third-order valence-electron chi connectivity index (χ3n) is 2.69. The lowest BCUT2D eigenvalue weighted by molar-refractivity contribution is 0.243. The molecule has 1 heterocycles. The number of anilines is 2. The molecule has 0 atom stereocenters. The number of hydrogen-bond acceptors (Lipinski definition) is 6. The number of ether oxygens (including phenoxy) is 1. The van der Waals surface area contributed by atoms with E-state index in [0.717, 1.165) is 0 Å². The molecule has 0 aliphatic rings. The van der Waals surface area contributed by atoms with Crippen LogP contribution >= 0.6 is 23.2 Å². The molecule has 1 aromatic heterocycles. The van der Waals surface area contributed by atoms with E-state index in [2.05, 4.69) is 9.97 Å². The van der Waals surface area contributed by atoms with Crippen molar-refractivity contribution < 1.29 is 4.74 Å². The van der Waals surface area contributed by atoms with Gasteiger partial charge >= 0.3 is 0 Å². The molecule has 0 radical (unpaired) electrons. The van der Waals surface area contributed by atoms with Crippen molar-refractivity contribution in [2.45, 2.75) is 20.0 Å². The molecule has 0 spiro atoms. The number of benzene rings is 1. The molecular formula is C14H13Cl2N5O. The number of aromatic nitrogens is 2. The maximum atomic E-state index is 9.22. The van der Waals surface area contributed by atoms with E-state index in [4.69, 9.17) is 39.4 Å². The van der Waals surface area contributed by atoms with Gasteiger partial charge in [0.1, 0.15) is 17.5 Å². The molecule has 1 aromatic carbocycles. The Bertz CT molecular complexity index is 748. The maximum absolute atomic E-state index is 9.22. The molecule has 0 fully saturated rings. The first-order valence-corrected chi connectivity index (χ1v) is 7.08. The zero-order valence-corrected chi connectivity index (χ0v) is 13.4. The van der Waals surface area contributed by atoms with Crippen LogP contribution in [0.1, 0.15) is 19.4 Å². The van der Waals surface area contributed by atoms with Gasteiger partial charge in [0.25, 0.3) is 0 Å². The van der Waals surface area contributed by atoms with E-state index >= 15 is 0 Å². The fourth-order valence-electron chi connectivity index (χ4n) is 1.86. The smallest absolute Gasteiger partial charge is 0.222 e. The molecule has 2 rings (SSSR count). The minimum atomic E-state index is -0.0825. The van der Waals surface area contributed by atoms with Gasteiger partial charge < -0.3 is 16.2 Å². The lowest BCUT2D eigenvalue weighted by Gasteiger charge is -2.15. The second-order valence-corrected chi connectivity index (χ2v) is 5.55. The normalized spacial score (nSPS) is 10.5. The molecule has 0 aliphatic carbocycles. The highest BCUT2D eigenvalue weighted by molar-refractivity contribution is 6.37. The lowest BCUT2D eigenvalue weighted by atomic mass is 10.1. The lowest BCUT2D eigenvalue weighted by Crippen LogP contribution is -2.07. The summed E-state index contributed by atoms with van der Waals surface area (Å²) < 4.78 is 5.56. The molecule has 0 aliphatic heterocycles. The van der Waals surface area contributed by atoms with Gasteiger partial charge in [-0.3, -0.25) is 0 Å². The minimum absolute atomic E-state index is 0.000230. The summed E-state index contributed by atoms with van der Waals surface area (Å²) in [5.41, 5.74) is 12.2. The highest BCUT2D eigenvalue weighted by Crippen LogP contribution is 2.38. The standard InChI is InChI=1S/C14H13Cl2N5O/c1-6(2)22-12-9(15)3-7(4-10(12)16)11-8(5-17)13(18)21-14(19)20-11/h3-4,6H,1-2H3,(H4,18,19,20,21). The van der Waals surface area contributed by atoms with Gasteiger partial charge in [-0.2, -0.15) is 10.2 Å². The van der Waals surface area contributed by atoms with Crippen LogP contribution in [0.15, 0.2) is 12.1 Å². The van der Waals surface area contributed by atoms with Gasteiger partial charge in [-0.05, 0) is 26.0 Å². The van der Waals surface area contributed by atoms with E-state index in [1.807, 2.05) is 19.9 Å². The van der Waals surface area contributed by atoms with Gasteiger partial charge in [0.15, 0.2) is 5.75 Å². The predicted octanol–water partition coefficient (Wildman–Crippen LogP) is 3.27. The van der Waals surface area contributed by atoms with Gasteiger partial charge in [0.2, 0.25) is 5.95 Å². The van der Waals surface area contributed by atoms with Crippen molar-refractivity contribution in [2.75, 3.05) is 11.5 Å². The third kappa shape index (κ3) is 3.16. The molecule has 0 bridgehead atoms. The Kier molecular flexibility index (Phi) is 4.59. The Labute approximate surface area is 137 Å². The summed E-state index contributed by atoms with van der Waals surface area (Å²) in [5.74, 6) is 0.330. The maximum Gasteiger partial charge on any atom is 0.222 e. The van der Waals surface area contributed by atoms with Crippen LogP contribution in [0.4, 0.5) is 11.8 Å². The first kappa shape index (κ1) is 16.1. The molecule has 0 unspecified atom stereocenters. The number of nitrogen functional groups attached to an aromatic ring is 2. The monoisotopic (exact) mass is 337 g/mol. The fourth-order valence-corrected chi connectivity index (χ4v) is 2.44. The minimum Gasteiger partial charge on any atom is -0.488 e. The Hall–Kier alpha value is -2.23. The molecule has 0 saturated heterocycles. The summed E-state index contributed by atoms with van der Waals surface area (Å²) in [4.78, 5) is 7.82. The van der Waals surface area contributed by atoms with Crippen LogP contribution in [-0.4, -0.2) is 16.1 Å². The average molecular weight is 338 g/mol. The molecule has 4 N–H and O–H groups in total. The summed E-state index contributed by atoms with van der Waals surface area (Å²) in [6, 6.07) is 5.13. The van der Waals surface area contributed by atoms with Crippen LogP contribution in [0.5, 0.6) is 5.75 Å². The van der Waals surface area contributed by atoms with E-state index in [9.17, 15) is 5.26 Å². The zero-order chi connectivity index (χ0) is 16.4. The Balaban J connectivity index is 2.63. The van der Waals surface area contributed by atoms with E-state index < -0.39 is 0 Å². The molecule has 6 nitrogen and oxygen atoms in total. The van der Waals surface area contributed by atoms with Crippen LogP contribution in [0.3, 0.4) is 0 Å². The number of rotatable bonds is 3. The second kappa shape index (κ2) is 6.26. The van der Waals surface area contributed by atoms with Crippen LogP contribution in [0.2, 0.25) is 10.0 Å². The van der Waals surface area contributed by atoms with Gasteiger partial charge in [-0.1, -0.05) is 23.2 Å². The summed E-state index contributed by atoms with van der Waals surface area (Å²) in [7, 11) is 0. The summed E-state index contributed by atoms with van der Waals surface area (Å²) in [6.45, 7) is 3.72. The summed E-state index contributed by atoms with van der Waals surface area (Å²) in [6.07, 6.45) is -0.0825. The van der Waals surface area contributed by atoms with Crippen LogP contribution < -0.4 is 16.2 Å². The molecule has 0 saturated carbocycles. The predicted molar refractivity (Wildman–Crippen MR) is 86.8 cm³/mol. The van der Waals surface area contributed by atoms with Crippen molar-refractivity contribution in [1.82, 2.24) is 9.97 Å². The highest BCUT2D eigenvalue weighted by atomic mass is 35.5. The topological polar surface area (TPSA) is 111 Å². The van der Waals surface area contributed by atoms with E-state index in [1.165, 1.54) is 0 Å². The second-order valence-electron chi connectivity index (χ2n) is 4.74. The average Bonchev–Trinajstić information content (AvgIpc) is 2.41. The van der Waals surface area contributed by atoms with Crippen LogP contribution in [0, 0.1) is 11.3 Å². The van der Waals surface area contributed by atoms with Crippen molar-refractivity contribution in [2.24, 2.45) is 0 Å². The Morgan fingerprint density at radius 2 is 1.77 bits per heavy atom. The quantitative estimate of drug-likeness (QED) is 0.888. The van der Waals surface area contributed by atoms with Crippen molar-refractivity contribution in [3.8, 4) is 23.1 Å². The molecule has 22 heavy (non-hydrogen) atoms. The fraction of sp³-hybridized carbons (Fsp3) is 0.214. The first-order chi connectivity index (χ1) is 10.3. The van der Waals surface area contributed by atoms with Gasteiger partial charge in [-0.15, -0.1) is 0 Å². The van der Waals surface area contributed by atoms with E-state index in [-0.39, 0.29) is 29.1 Å². The Morgan fingerprint density at radius 1 is 1.18 bits per heavy atom. The molecule has 114 valence electrons. The van der Waals surface area contributed by atoms with Crippen molar-refractivity contribution in [1.29, 1.82) is 5.26 Å². The number of nitrogens with zero attached hydrogens (tertiary/aromatic N) is 3. The summed E-state index contributed by atoms with van der Waals surface area (Å²) in [5, 5.41) is 9.83. The number of nitrogens with two attached hydrogens (primary N) is 2. The van der Waals surface area contributed by atoms with E-state index in [1.54, 1.807) is 12.1 Å². The highest BCUT2D eigenvalue weighted by Gasteiger charge is 2.17. The number of halogens is 2. The summed E-state index contributed by atoms with van der Waals surface area (Å²) >= 11 is 12.4.